The fourth-order valence-corrected chi connectivity index (χ4v) is 3.80. The molecule has 142 valence electrons. The predicted octanol–water partition coefficient (Wildman–Crippen LogP) is 4.89. The Bertz CT molecular complexity index is 867. The Morgan fingerprint density at radius 3 is 2.67 bits per heavy atom. The SMILES string of the molecule is COC(=O)N1CCC(c2cccc3c2O[C@H](c2ccc(Cl)cc2F)O3)CC1. The largest absolute Gasteiger partial charge is 0.453 e. The topological polar surface area (TPSA) is 48.0 Å². The van der Waals surface area contributed by atoms with E-state index in [1.807, 2.05) is 18.2 Å². The van der Waals surface area contributed by atoms with Gasteiger partial charge in [0.2, 0.25) is 0 Å². The molecule has 2 heterocycles. The van der Waals surface area contributed by atoms with Crippen molar-refractivity contribution in [2.45, 2.75) is 25.0 Å². The van der Waals surface area contributed by atoms with Crippen LogP contribution < -0.4 is 9.47 Å². The second-order valence-corrected chi connectivity index (χ2v) is 7.08. The molecule has 0 saturated carbocycles. The summed E-state index contributed by atoms with van der Waals surface area (Å²) in [5, 5.41) is 0.324. The first-order valence-corrected chi connectivity index (χ1v) is 9.18. The molecule has 1 amide bonds. The molecule has 2 aliphatic heterocycles. The van der Waals surface area contributed by atoms with Gasteiger partial charge in [0.25, 0.3) is 6.29 Å². The van der Waals surface area contributed by atoms with Crippen molar-refractivity contribution in [3.05, 3.63) is 58.4 Å². The monoisotopic (exact) mass is 391 g/mol. The molecule has 0 spiro atoms. The van der Waals surface area contributed by atoms with Crippen molar-refractivity contribution >= 4 is 17.7 Å². The maximum absolute atomic E-state index is 14.2. The molecule has 2 aromatic rings. The van der Waals surface area contributed by atoms with E-state index in [-0.39, 0.29) is 12.0 Å². The number of piperidine rings is 1. The van der Waals surface area contributed by atoms with Gasteiger partial charge in [0.15, 0.2) is 11.5 Å². The quantitative estimate of drug-likeness (QED) is 0.731. The lowest BCUT2D eigenvalue weighted by Crippen LogP contribution is -2.37. The van der Waals surface area contributed by atoms with Crippen LogP contribution in [0.15, 0.2) is 36.4 Å². The molecule has 1 saturated heterocycles. The van der Waals surface area contributed by atoms with Crippen LogP contribution in [-0.2, 0) is 4.74 Å². The van der Waals surface area contributed by atoms with Gasteiger partial charge in [0, 0.05) is 23.7 Å². The van der Waals surface area contributed by atoms with Crippen LogP contribution in [0.3, 0.4) is 0 Å². The minimum atomic E-state index is -0.839. The molecule has 0 unspecified atom stereocenters. The summed E-state index contributed by atoms with van der Waals surface area (Å²) in [6.07, 6.45) is 0.460. The third-order valence-corrected chi connectivity index (χ3v) is 5.29. The van der Waals surface area contributed by atoms with Crippen molar-refractivity contribution in [1.82, 2.24) is 4.90 Å². The van der Waals surface area contributed by atoms with E-state index in [0.717, 1.165) is 18.4 Å². The van der Waals surface area contributed by atoms with Crippen molar-refractivity contribution in [3.63, 3.8) is 0 Å². The number of carbonyl (C=O) groups is 1. The maximum Gasteiger partial charge on any atom is 0.409 e. The summed E-state index contributed by atoms with van der Waals surface area (Å²) in [5.41, 5.74) is 1.33. The molecule has 0 N–H and O–H groups in total. The molecular formula is C20H19ClFNO4. The number of halogens is 2. The molecule has 2 aliphatic rings. The molecule has 5 nitrogen and oxygen atoms in total. The summed E-state index contributed by atoms with van der Waals surface area (Å²) in [4.78, 5) is 13.4. The van der Waals surface area contributed by atoms with E-state index in [0.29, 0.717) is 35.2 Å². The highest BCUT2D eigenvalue weighted by molar-refractivity contribution is 6.30. The standard InChI is InChI=1S/C20H19ClFNO4/c1-25-20(24)23-9-7-12(8-10-23)14-3-2-4-17-18(14)27-19(26-17)15-6-5-13(21)11-16(15)22/h2-6,11-12,19H,7-10H2,1H3/t19-/m1/s1. The van der Waals surface area contributed by atoms with Gasteiger partial charge < -0.3 is 19.1 Å². The number of hydrogen-bond acceptors (Lipinski definition) is 4. The number of hydrogen-bond donors (Lipinski definition) is 0. The Hall–Kier alpha value is -2.47. The van der Waals surface area contributed by atoms with Crippen molar-refractivity contribution in [1.29, 1.82) is 0 Å². The fraction of sp³-hybridized carbons (Fsp3) is 0.350. The number of fused-ring (bicyclic) bond motifs is 1. The average Bonchev–Trinajstić information content (AvgIpc) is 3.11. The van der Waals surface area contributed by atoms with Crippen LogP contribution in [0.5, 0.6) is 11.5 Å². The van der Waals surface area contributed by atoms with E-state index in [4.69, 9.17) is 25.8 Å². The molecule has 1 atom stereocenters. The average molecular weight is 392 g/mol. The van der Waals surface area contributed by atoms with Gasteiger partial charge in [0.05, 0.1) is 12.7 Å². The molecule has 2 aromatic carbocycles. The number of nitrogens with zero attached hydrogens (tertiary/aromatic N) is 1. The van der Waals surface area contributed by atoms with Crippen LogP contribution in [0.2, 0.25) is 5.02 Å². The summed E-state index contributed by atoms with van der Waals surface area (Å²) >= 11 is 5.83. The first-order valence-electron chi connectivity index (χ1n) is 8.81. The third-order valence-electron chi connectivity index (χ3n) is 5.05. The van der Waals surface area contributed by atoms with Crippen LogP contribution in [-0.4, -0.2) is 31.2 Å². The van der Waals surface area contributed by atoms with E-state index in [1.54, 1.807) is 17.0 Å². The molecule has 27 heavy (non-hydrogen) atoms. The van der Waals surface area contributed by atoms with E-state index in [2.05, 4.69) is 0 Å². The van der Waals surface area contributed by atoms with Crippen molar-refractivity contribution in [3.8, 4) is 11.5 Å². The van der Waals surface area contributed by atoms with Gasteiger partial charge in [-0.2, -0.15) is 0 Å². The predicted molar refractivity (Wildman–Crippen MR) is 97.8 cm³/mol. The van der Waals surface area contributed by atoms with Crippen LogP contribution in [0, 0.1) is 5.82 Å². The lowest BCUT2D eigenvalue weighted by molar-refractivity contribution is 0.0446. The number of likely N-dealkylation sites (tertiary alicyclic amines) is 1. The highest BCUT2D eigenvalue weighted by atomic mass is 35.5. The molecule has 0 aromatic heterocycles. The Morgan fingerprint density at radius 1 is 1.19 bits per heavy atom. The smallest absolute Gasteiger partial charge is 0.409 e. The Morgan fingerprint density at radius 2 is 1.96 bits per heavy atom. The summed E-state index contributed by atoms with van der Waals surface area (Å²) < 4.78 is 30.8. The van der Waals surface area contributed by atoms with Crippen LogP contribution >= 0.6 is 11.6 Å². The van der Waals surface area contributed by atoms with E-state index < -0.39 is 12.1 Å². The van der Waals surface area contributed by atoms with Gasteiger partial charge >= 0.3 is 6.09 Å². The van der Waals surface area contributed by atoms with E-state index in [9.17, 15) is 9.18 Å². The van der Waals surface area contributed by atoms with Crippen molar-refractivity contribution in [2.75, 3.05) is 20.2 Å². The summed E-state index contributed by atoms with van der Waals surface area (Å²) in [6.45, 7) is 1.24. The number of rotatable bonds is 2. The second kappa shape index (κ2) is 7.27. The molecule has 7 heteroatoms. The summed E-state index contributed by atoms with van der Waals surface area (Å²) in [5.74, 6) is 1.02. The number of carbonyl (C=O) groups excluding carboxylic acids is 1. The highest BCUT2D eigenvalue weighted by Gasteiger charge is 2.33. The minimum Gasteiger partial charge on any atom is -0.453 e. The summed E-state index contributed by atoms with van der Waals surface area (Å²) in [7, 11) is 1.39. The van der Waals surface area contributed by atoms with Gasteiger partial charge in [-0.25, -0.2) is 9.18 Å². The molecule has 4 rings (SSSR count). The van der Waals surface area contributed by atoms with Crippen LogP contribution in [0.1, 0.15) is 36.2 Å². The zero-order valence-electron chi connectivity index (χ0n) is 14.8. The number of methoxy groups -OCH3 is 1. The Kier molecular flexibility index (Phi) is 4.83. The van der Waals surface area contributed by atoms with E-state index in [1.165, 1.54) is 13.2 Å². The zero-order valence-corrected chi connectivity index (χ0v) is 15.5. The van der Waals surface area contributed by atoms with Gasteiger partial charge in [0.1, 0.15) is 5.82 Å². The van der Waals surface area contributed by atoms with Crippen LogP contribution in [0.4, 0.5) is 9.18 Å². The lowest BCUT2D eigenvalue weighted by atomic mass is 9.89. The Labute approximate surface area is 161 Å². The fourth-order valence-electron chi connectivity index (χ4n) is 3.64. The summed E-state index contributed by atoms with van der Waals surface area (Å²) in [6, 6.07) is 10.2. The first kappa shape index (κ1) is 17.9. The first-order chi connectivity index (χ1) is 13.1. The molecule has 0 radical (unpaired) electrons. The van der Waals surface area contributed by atoms with Crippen molar-refractivity contribution < 1.29 is 23.4 Å². The Balaban J connectivity index is 1.53. The zero-order chi connectivity index (χ0) is 19.0. The highest BCUT2D eigenvalue weighted by Crippen LogP contribution is 2.47. The van der Waals surface area contributed by atoms with Gasteiger partial charge in [-0.3, -0.25) is 0 Å². The number of ether oxygens (including phenoxy) is 3. The van der Waals surface area contributed by atoms with Gasteiger partial charge in [-0.05, 0) is 43.0 Å². The number of benzene rings is 2. The van der Waals surface area contributed by atoms with Gasteiger partial charge in [-0.15, -0.1) is 0 Å². The van der Waals surface area contributed by atoms with Crippen LogP contribution in [0.25, 0.3) is 0 Å². The number of amides is 1. The minimum absolute atomic E-state index is 0.235. The normalized spacial score (nSPS) is 19.2. The van der Waals surface area contributed by atoms with Gasteiger partial charge in [-0.1, -0.05) is 23.7 Å². The molecule has 1 fully saturated rings. The second-order valence-electron chi connectivity index (χ2n) is 6.64. The maximum atomic E-state index is 14.2. The lowest BCUT2D eigenvalue weighted by Gasteiger charge is -2.31. The van der Waals surface area contributed by atoms with Crippen molar-refractivity contribution in [2.24, 2.45) is 0 Å². The third kappa shape index (κ3) is 3.41. The number of para-hydroxylation sites is 1. The molecule has 0 bridgehead atoms. The molecular weight excluding hydrogens is 373 g/mol. The molecule has 0 aliphatic carbocycles. The van der Waals surface area contributed by atoms with E-state index >= 15 is 0 Å².